The molecule has 2 atom stereocenters. The smallest absolute Gasteiger partial charge is 0.0546 e. The van der Waals surface area contributed by atoms with Crippen LogP contribution < -0.4 is 0 Å². The molecule has 1 fully saturated rings. The summed E-state index contributed by atoms with van der Waals surface area (Å²) in [5.74, 6) is 1.22. The van der Waals surface area contributed by atoms with Crippen molar-refractivity contribution in [2.45, 2.75) is 45.1 Å². The second-order valence-electron chi connectivity index (χ2n) is 4.27. The van der Waals surface area contributed by atoms with Crippen molar-refractivity contribution in [2.75, 3.05) is 13.7 Å². The molecule has 1 rings (SSSR count). The summed E-state index contributed by atoms with van der Waals surface area (Å²) in [5.41, 5.74) is 0. The quantitative estimate of drug-likeness (QED) is 0.713. The molecule has 1 aliphatic rings. The van der Waals surface area contributed by atoms with Gasteiger partial charge in [0.2, 0.25) is 0 Å². The zero-order valence-corrected chi connectivity index (χ0v) is 8.83. The third-order valence-corrected chi connectivity index (χ3v) is 3.34. The molecule has 0 saturated heterocycles. The maximum Gasteiger partial charge on any atom is 0.0546 e. The van der Waals surface area contributed by atoms with Crippen molar-refractivity contribution < 1.29 is 9.84 Å². The molecular weight excluding hydrogens is 164 g/mol. The maximum absolute atomic E-state index is 9.28. The first-order valence-electron chi connectivity index (χ1n) is 5.41. The Morgan fingerprint density at radius 2 is 2.00 bits per heavy atom. The van der Waals surface area contributed by atoms with E-state index in [4.69, 9.17) is 4.74 Å². The zero-order valence-electron chi connectivity index (χ0n) is 8.83. The van der Waals surface area contributed by atoms with E-state index in [1.807, 2.05) is 0 Å². The number of methoxy groups -OCH3 is 1. The third kappa shape index (κ3) is 3.28. The monoisotopic (exact) mass is 186 g/mol. The van der Waals surface area contributed by atoms with Crippen molar-refractivity contribution in [3.05, 3.63) is 0 Å². The second-order valence-corrected chi connectivity index (χ2v) is 4.27. The first-order chi connectivity index (χ1) is 6.27. The molecule has 0 aromatic heterocycles. The average molecular weight is 186 g/mol. The van der Waals surface area contributed by atoms with Gasteiger partial charge in [-0.15, -0.1) is 0 Å². The van der Waals surface area contributed by atoms with Gasteiger partial charge in [0.1, 0.15) is 0 Å². The lowest BCUT2D eigenvalue weighted by molar-refractivity contribution is 0.0636. The van der Waals surface area contributed by atoms with Crippen LogP contribution in [0, 0.1) is 11.8 Å². The Hall–Kier alpha value is -0.0800. The molecule has 2 nitrogen and oxygen atoms in total. The Balaban J connectivity index is 2.32. The zero-order chi connectivity index (χ0) is 9.68. The van der Waals surface area contributed by atoms with Crippen LogP contribution in [-0.2, 0) is 4.74 Å². The van der Waals surface area contributed by atoms with E-state index < -0.39 is 0 Å². The average Bonchev–Trinajstić information content (AvgIpc) is 2.66. The van der Waals surface area contributed by atoms with Gasteiger partial charge in [0.15, 0.2) is 0 Å². The highest BCUT2D eigenvalue weighted by Crippen LogP contribution is 2.33. The van der Waals surface area contributed by atoms with Crippen LogP contribution in [-0.4, -0.2) is 24.9 Å². The highest BCUT2D eigenvalue weighted by atomic mass is 16.5. The van der Waals surface area contributed by atoms with Crippen LogP contribution in [0.4, 0.5) is 0 Å². The first kappa shape index (κ1) is 11.0. The molecular formula is C11H22O2. The Morgan fingerprint density at radius 3 is 2.46 bits per heavy atom. The van der Waals surface area contributed by atoms with E-state index in [1.54, 1.807) is 7.11 Å². The van der Waals surface area contributed by atoms with E-state index in [1.165, 1.54) is 25.7 Å². The predicted molar refractivity (Wildman–Crippen MR) is 53.6 cm³/mol. The number of aliphatic hydroxyl groups excluding tert-OH is 1. The molecule has 1 saturated carbocycles. The van der Waals surface area contributed by atoms with Gasteiger partial charge in [0.25, 0.3) is 0 Å². The number of aliphatic hydroxyl groups is 1. The summed E-state index contributed by atoms with van der Waals surface area (Å²) < 4.78 is 5.23. The second kappa shape index (κ2) is 5.61. The summed E-state index contributed by atoms with van der Waals surface area (Å²) in [5, 5.41) is 9.28. The molecule has 78 valence electrons. The number of rotatable bonds is 5. The van der Waals surface area contributed by atoms with Gasteiger partial charge in [-0.2, -0.15) is 0 Å². The Kier molecular flexibility index (Phi) is 4.74. The van der Waals surface area contributed by atoms with E-state index in [-0.39, 0.29) is 6.10 Å². The summed E-state index contributed by atoms with van der Waals surface area (Å²) >= 11 is 0. The molecule has 0 aromatic rings. The summed E-state index contributed by atoms with van der Waals surface area (Å²) in [4.78, 5) is 0. The number of hydrogen-bond acceptors (Lipinski definition) is 2. The van der Waals surface area contributed by atoms with Crippen molar-refractivity contribution in [1.82, 2.24) is 0 Å². The minimum absolute atomic E-state index is 0.290. The van der Waals surface area contributed by atoms with E-state index in [9.17, 15) is 5.11 Å². The van der Waals surface area contributed by atoms with Crippen LogP contribution in [0.15, 0.2) is 0 Å². The van der Waals surface area contributed by atoms with Crippen LogP contribution in [0.25, 0.3) is 0 Å². The van der Waals surface area contributed by atoms with Gasteiger partial charge in [0.05, 0.1) is 6.10 Å². The molecule has 13 heavy (non-hydrogen) atoms. The minimum atomic E-state index is 0.290. The van der Waals surface area contributed by atoms with Gasteiger partial charge >= 0.3 is 0 Å². The molecule has 2 unspecified atom stereocenters. The Bertz CT molecular complexity index is 130. The Morgan fingerprint density at radius 1 is 1.38 bits per heavy atom. The van der Waals surface area contributed by atoms with Crippen LogP contribution >= 0.6 is 0 Å². The fourth-order valence-corrected chi connectivity index (χ4v) is 2.37. The molecule has 0 heterocycles. The standard InChI is InChI=1S/C11H22O2/c1-9(13-2)7-11(8-12)10-5-3-4-6-10/h9-12H,3-8H2,1-2H3. The fraction of sp³-hybridized carbons (Fsp3) is 1.00. The van der Waals surface area contributed by atoms with Crippen molar-refractivity contribution in [2.24, 2.45) is 11.8 Å². The Labute approximate surface area is 81.3 Å². The van der Waals surface area contributed by atoms with Crippen LogP contribution in [0.3, 0.4) is 0 Å². The van der Waals surface area contributed by atoms with Gasteiger partial charge < -0.3 is 9.84 Å². The molecule has 0 aliphatic heterocycles. The highest BCUT2D eigenvalue weighted by Gasteiger charge is 2.25. The highest BCUT2D eigenvalue weighted by molar-refractivity contribution is 4.76. The molecule has 1 N–H and O–H groups in total. The molecule has 1 aliphatic carbocycles. The lowest BCUT2D eigenvalue weighted by Gasteiger charge is -2.23. The van der Waals surface area contributed by atoms with E-state index >= 15 is 0 Å². The normalized spacial score (nSPS) is 23.3. The summed E-state index contributed by atoms with van der Waals surface area (Å²) in [6.07, 6.45) is 6.62. The van der Waals surface area contributed by atoms with Crippen molar-refractivity contribution >= 4 is 0 Å². The van der Waals surface area contributed by atoms with Crippen LogP contribution in [0.2, 0.25) is 0 Å². The largest absolute Gasteiger partial charge is 0.396 e. The topological polar surface area (TPSA) is 29.5 Å². The van der Waals surface area contributed by atoms with Crippen molar-refractivity contribution in [1.29, 1.82) is 0 Å². The minimum Gasteiger partial charge on any atom is -0.396 e. The summed E-state index contributed by atoms with van der Waals surface area (Å²) in [6.45, 7) is 2.41. The van der Waals surface area contributed by atoms with Gasteiger partial charge in [-0.3, -0.25) is 0 Å². The maximum atomic E-state index is 9.28. The van der Waals surface area contributed by atoms with Gasteiger partial charge in [-0.25, -0.2) is 0 Å². The summed E-state index contributed by atoms with van der Waals surface area (Å²) in [6, 6.07) is 0. The van der Waals surface area contributed by atoms with Crippen molar-refractivity contribution in [3.63, 3.8) is 0 Å². The lowest BCUT2D eigenvalue weighted by Crippen LogP contribution is -2.22. The number of hydrogen-bond donors (Lipinski definition) is 1. The van der Waals surface area contributed by atoms with E-state index in [2.05, 4.69) is 6.92 Å². The van der Waals surface area contributed by atoms with Gasteiger partial charge in [-0.1, -0.05) is 25.7 Å². The van der Waals surface area contributed by atoms with Crippen LogP contribution in [0.5, 0.6) is 0 Å². The van der Waals surface area contributed by atoms with Crippen LogP contribution in [0.1, 0.15) is 39.0 Å². The van der Waals surface area contributed by atoms with E-state index in [0.29, 0.717) is 12.5 Å². The van der Waals surface area contributed by atoms with Gasteiger partial charge in [0, 0.05) is 13.7 Å². The number of ether oxygens (including phenoxy) is 1. The first-order valence-corrected chi connectivity index (χ1v) is 5.41. The molecule has 2 heteroatoms. The lowest BCUT2D eigenvalue weighted by atomic mass is 9.87. The SMILES string of the molecule is COC(C)CC(CO)C1CCCC1. The van der Waals surface area contributed by atoms with Gasteiger partial charge in [-0.05, 0) is 25.2 Å². The van der Waals surface area contributed by atoms with E-state index in [0.717, 1.165) is 12.3 Å². The predicted octanol–water partition coefficient (Wildman–Crippen LogP) is 2.21. The fourth-order valence-electron chi connectivity index (χ4n) is 2.37. The molecule has 0 radical (unpaired) electrons. The summed E-state index contributed by atoms with van der Waals surface area (Å²) in [7, 11) is 1.74. The molecule has 0 spiro atoms. The third-order valence-electron chi connectivity index (χ3n) is 3.34. The molecule has 0 aromatic carbocycles. The molecule has 0 bridgehead atoms. The van der Waals surface area contributed by atoms with Crippen molar-refractivity contribution in [3.8, 4) is 0 Å². The molecule has 0 amide bonds.